The Balaban J connectivity index is 1.67. The van der Waals surface area contributed by atoms with Crippen LogP contribution >= 0.6 is 0 Å². The molecule has 0 aliphatic rings. The second-order valence-corrected chi connectivity index (χ2v) is 5.45. The van der Waals surface area contributed by atoms with Crippen molar-refractivity contribution in [2.75, 3.05) is 20.2 Å². The molecule has 0 spiro atoms. The Morgan fingerprint density at radius 3 is 2.12 bits per heavy atom. The van der Waals surface area contributed by atoms with E-state index in [0.29, 0.717) is 24.9 Å². The van der Waals surface area contributed by atoms with Gasteiger partial charge in [0.2, 0.25) is 0 Å². The summed E-state index contributed by atoms with van der Waals surface area (Å²) in [5, 5.41) is 5.05. The number of halogens is 1. The quantitative estimate of drug-likeness (QED) is 0.754. The highest BCUT2D eigenvalue weighted by Gasteiger charge is 2.12. The van der Waals surface area contributed by atoms with Crippen LogP contribution in [0.5, 0.6) is 5.75 Å². The van der Waals surface area contributed by atoms with Crippen LogP contribution in [0.15, 0.2) is 48.5 Å². The maximum atomic E-state index is 13.4. The number of benzene rings is 2. The number of carbonyl (C=O) groups excluding carboxylic acids is 2. The van der Waals surface area contributed by atoms with Gasteiger partial charge in [-0.25, -0.2) is 4.39 Å². The molecule has 0 saturated carbocycles. The monoisotopic (exact) mass is 344 g/mol. The highest BCUT2D eigenvalue weighted by molar-refractivity contribution is 6.35. The molecular weight excluding hydrogens is 323 g/mol. The van der Waals surface area contributed by atoms with Crippen molar-refractivity contribution in [3.05, 3.63) is 65.5 Å². The van der Waals surface area contributed by atoms with Crippen molar-refractivity contribution >= 4 is 11.8 Å². The maximum absolute atomic E-state index is 13.4. The van der Waals surface area contributed by atoms with E-state index >= 15 is 0 Å². The van der Waals surface area contributed by atoms with Gasteiger partial charge >= 0.3 is 11.8 Å². The smallest absolute Gasteiger partial charge is 0.309 e. The topological polar surface area (TPSA) is 67.4 Å². The molecule has 5 nitrogen and oxygen atoms in total. The molecule has 0 aromatic heterocycles. The summed E-state index contributed by atoms with van der Waals surface area (Å²) in [6.07, 6.45) is 0.940. The number of hydrogen-bond donors (Lipinski definition) is 2. The number of rotatable bonds is 7. The van der Waals surface area contributed by atoms with Gasteiger partial charge in [0.25, 0.3) is 0 Å². The van der Waals surface area contributed by atoms with Crippen molar-refractivity contribution < 1.29 is 18.7 Å². The van der Waals surface area contributed by atoms with Crippen LogP contribution in [0.2, 0.25) is 0 Å². The zero-order chi connectivity index (χ0) is 18.1. The first-order chi connectivity index (χ1) is 12.1. The normalized spacial score (nSPS) is 10.2. The number of carbonyl (C=O) groups is 2. The standard InChI is InChI=1S/C19H21FN2O3/c1-25-16-8-6-14(7-9-16)10-12-21-18(23)19(24)22-13-11-15-4-2-3-5-17(15)20/h2-9H,10-13H2,1H3,(H,21,23)(H,22,24). The molecule has 2 amide bonds. The second-order valence-electron chi connectivity index (χ2n) is 5.45. The van der Waals surface area contributed by atoms with Crippen LogP contribution in [0.4, 0.5) is 4.39 Å². The molecule has 0 aliphatic carbocycles. The molecule has 0 atom stereocenters. The predicted octanol–water partition coefficient (Wildman–Crippen LogP) is 1.85. The minimum Gasteiger partial charge on any atom is -0.497 e. The number of hydrogen-bond acceptors (Lipinski definition) is 3. The van der Waals surface area contributed by atoms with E-state index < -0.39 is 11.8 Å². The van der Waals surface area contributed by atoms with Gasteiger partial charge in [0, 0.05) is 13.1 Å². The molecular formula is C19H21FN2O3. The molecule has 0 unspecified atom stereocenters. The summed E-state index contributed by atoms with van der Waals surface area (Å²) in [5.74, 6) is -0.962. The van der Waals surface area contributed by atoms with Crippen molar-refractivity contribution in [3.63, 3.8) is 0 Å². The van der Waals surface area contributed by atoms with Gasteiger partial charge in [0.05, 0.1) is 7.11 Å². The molecule has 0 saturated heterocycles. The molecule has 0 bridgehead atoms. The maximum Gasteiger partial charge on any atom is 0.309 e. The van der Waals surface area contributed by atoms with Crippen LogP contribution in [0.1, 0.15) is 11.1 Å². The molecule has 6 heteroatoms. The van der Waals surface area contributed by atoms with Crippen molar-refractivity contribution in [2.45, 2.75) is 12.8 Å². The molecule has 2 N–H and O–H groups in total. The fourth-order valence-corrected chi connectivity index (χ4v) is 2.28. The van der Waals surface area contributed by atoms with E-state index in [9.17, 15) is 14.0 Å². The van der Waals surface area contributed by atoms with Crippen molar-refractivity contribution in [1.82, 2.24) is 10.6 Å². The van der Waals surface area contributed by atoms with Gasteiger partial charge in [-0.15, -0.1) is 0 Å². The minimum absolute atomic E-state index is 0.200. The average Bonchev–Trinajstić information content (AvgIpc) is 2.63. The third-order valence-electron chi connectivity index (χ3n) is 3.70. The highest BCUT2D eigenvalue weighted by Crippen LogP contribution is 2.11. The molecule has 0 heterocycles. The first-order valence-electron chi connectivity index (χ1n) is 8.02. The van der Waals surface area contributed by atoms with Gasteiger partial charge in [-0.1, -0.05) is 30.3 Å². The van der Waals surface area contributed by atoms with E-state index in [2.05, 4.69) is 10.6 Å². The lowest BCUT2D eigenvalue weighted by atomic mass is 10.1. The van der Waals surface area contributed by atoms with Crippen LogP contribution in [-0.2, 0) is 22.4 Å². The van der Waals surface area contributed by atoms with Crippen LogP contribution in [0.25, 0.3) is 0 Å². The summed E-state index contributed by atoms with van der Waals surface area (Å²) in [6.45, 7) is 0.553. The van der Waals surface area contributed by atoms with Gasteiger partial charge in [-0.3, -0.25) is 9.59 Å². The van der Waals surface area contributed by atoms with Gasteiger partial charge in [0.1, 0.15) is 11.6 Å². The predicted molar refractivity (Wildman–Crippen MR) is 92.8 cm³/mol. The van der Waals surface area contributed by atoms with Gasteiger partial charge < -0.3 is 15.4 Å². The molecule has 2 aromatic rings. The van der Waals surface area contributed by atoms with E-state index in [4.69, 9.17) is 4.74 Å². The first-order valence-corrected chi connectivity index (χ1v) is 8.02. The van der Waals surface area contributed by atoms with E-state index in [-0.39, 0.29) is 12.4 Å². The second kappa shape index (κ2) is 9.42. The largest absolute Gasteiger partial charge is 0.497 e. The van der Waals surface area contributed by atoms with Gasteiger partial charge in [0.15, 0.2) is 0 Å². The molecule has 2 rings (SSSR count). The lowest BCUT2D eigenvalue weighted by molar-refractivity contribution is -0.139. The van der Waals surface area contributed by atoms with Crippen molar-refractivity contribution in [2.24, 2.45) is 0 Å². The zero-order valence-corrected chi connectivity index (χ0v) is 14.0. The van der Waals surface area contributed by atoms with Gasteiger partial charge in [-0.2, -0.15) is 0 Å². The van der Waals surface area contributed by atoms with E-state index in [1.807, 2.05) is 24.3 Å². The zero-order valence-electron chi connectivity index (χ0n) is 14.0. The lowest BCUT2D eigenvalue weighted by Gasteiger charge is -2.07. The summed E-state index contributed by atoms with van der Waals surface area (Å²) >= 11 is 0. The third kappa shape index (κ3) is 5.91. The molecule has 0 fully saturated rings. The number of ether oxygens (including phenoxy) is 1. The Morgan fingerprint density at radius 1 is 0.920 bits per heavy atom. The van der Waals surface area contributed by atoms with Crippen LogP contribution in [0, 0.1) is 5.82 Å². The Hall–Kier alpha value is -2.89. The SMILES string of the molecule is COc1ccc(CCNC(=O)C(=O)NCCc2ccccc2F)cc1. The number of methoxy groups -OCH3 is 1. The average molecular weight is 344 g/mol. The minimum atomic E-state index is -0.717. The third-order valence-corrected chi connectivity index (χ3v) is 3.70. The van der Waals surface area contributed by atoms with E-state index in [1.54, 1.807) is 25.3 Å². The van der Waals surface area contributed by atoms with Crippen LogP contribution in [0.3, 0.4) is 0 Å². The molecule has 2 aromatic carbocycles. The summed E-state index contributed by atoms with van der Waals surface area (Å²) in [5.41, 5.74) is 1.53. The van der Waals surface area contributed by atoms with Crippen molar-refractivity contribution in [1.29, 1.82) is 0 Å². The fraction of sp³-hybridized carbons (Fsp3) is 0.263. The van der Waals surface area contributed by atoms with Gasteiger partial charge in [-0.05, 0) is 42.2 Å². The van der Waals surface area contributed by atoms with Crippen LogP contribution < -0.4 is 15.4 Å². The summed E-state index contributed by atoms with van der Waals surface area (Å²) < 4.78 is 18.5. The molecule has 25 heavy (non-hydrogen) atoms. The Bertz CT molecular complexity index is 717. The summed E-state index contributed by atoms with van der Waals surface area (Å²) in [4.78, 5) is 23.4. The molecule has 0 aliphatic heterocycles. The summed E-state index contributed by atoms with van der Waals surface area (Å²) in [7, 11) is 1.60. The van der Waals surface area contributed by atoms with Crippen molar-refractivity contribution in [3.8, 4) is 5.75 Å². The Kier molecular flexibility index (Phi) is 6.95. The fourth-order valence-electron chi connectivity index (χ4n) is 2.28. The molecule has 0 radical (unpaired) electrons. The van der Waals surface area contributed by atoms with Crippen LogP contribution in [-0.4, -0.2) is 32.0 Å². The molecule has 132 valence electrons. The van der Waals surface area contributed by atoms with E-state index in [0.717, 1.165) is 11.3 Å². The lowest BCUT2D eigenvalue weighted by Crippen LogP contribution is -2.41. The summed E-state index contributed by atoms with van der Waals surface area (Å²) in [6, 6.07) is 13.8. The number of amides is 2. The first kappa shape index (κ1) is 18.4. The Labute approximate surface area is 146 Å². The Morgan fingerprint density at radius 2 is 1.52 bits per heavy atom. The van der Waals surface area contributed by atoms with E-state index in [1.165, 1.54) is 6.07 Å². The number of nitrogens with one attached hydrogen (secondary N) is 2. The highest BCUT2D eigenvalue weighted by atomic mass is 19.1.